The van der Waals surface area contributed by atoms with Gasteiger partial charge in [-0.1, -0.05) is 0 Å². The van der Waals surface area contributed by atoms with E-state index in [1.807, 2.05) is 6.92 Å². The molecule has 1 atom stereocenters. The Kier molecular flexibility index (Phi) is 6.55. The molecule has 0 unspecified atom stereocenters. The highest BCUT2D eigenvalue weighted by Gasteiger charge is 2.24. The van der Waals surface area contributed by atoms with Crippen molar-refractivity contribution in [2.75, 3.05) is 25.4 Å². The van der Waals surface area contributed by atoms with E-state index in [0.29, 0.717) is 12.1 Å². The van der Waals surface area contributed by atoms with Gasteiger partial charge in [0.1, 0.15) is 5.75 Å². The average Bonchev–Trinajstić information content (AvgIpc) is 2.46. The Hall–Kier alpha value is -1.64. The molecule has 7 nitrogen and oxygen atoms in total. The second-order valence-corrected chi connectivity index (χ2v) is 7.29. The second-order valence-electron chi connectivity index (χ2n) is 5.30. The molecule has 1 heterocycles. The number of carbonyl (C=O) groups is 2. The molecular formula is C14H20ClN3O4S. The lowest BCUT2D eigenvalue weighted by Gasteiger charge is -2.34. The fraction of sp³-hybridized carbons (Fsp3) is 0.429. The molecule has 1 fully saturated rings. The van der Waals surface area contributed by atoms with Gasteiger partial charge in [-0.2, -0.15) is 0 Å². The van der Waals surface area contributed by atoms with E-state index in [0.717, 1.165) is 13.1 Å². The monoisotopic (exact) mass is 361 g/mol. The number of sulfone groups is 1. The van der Waals surface area contributed by atoms with Crippen LogP contribution in [-0.2, 0) is 14.6 Å². The summed E-state index contributed by atoms with van der Waals surface area (Å²) in [6.45, 7) is 4.04. The van der Waals surface area contributed by atoms with Crippen molar-refractivity contribution in [3.8, 4) is 0 Å². The normalized spacial score (nSPS) is 18.1. The van der Waals surface area contributed by atoms with Gasteiger partial charge < -0.3 is 16.0 Å². The Morgan fingerprint density at radius 3 is 2.43 bits per heavy atom. The zero-order chi connectivity index (χ0) is 16.3. The van der Waals surface area contributed by atoms with Crippen LogP contribution in [0.1, 0.15) is 17.3 Å². The van der Waals surface area contributed by atoms with Crippen molar-refractivity contribution in [2.45, 2.75) is 17.9 Å². The molecule has 0 spiro atoms. The lowest BCUT2D eigenvalue weighted by molar-refractivity contribution is -0.115. The number of piperazine rings is 1. The number of nitrogens with zero attached hydrogens (tertiary/aromatic N) is 1. The topological polar surface area (TPSA) is 110 Å². The number of hydrogen-bond donors (Lipinski definition) is 2. The maximum absolute atomic E-state index is 12.4. The summed E-state index contributed by atoms with van der Waals surface area (Å²) in [5.41, 5.74) is 5.34. The molecule has 2 rings (SSSR count). The SMILES string of the molecule is C[C@H]1CNCCN1C(=O)c1ccc(S(=O)(=O)CC(N)=O)cc1.Cl. The molecule has 0 aromatic heterocycles. The van der Waals surface area contributed by atoms with Gasteiger partial charge in [0.2, 0.25) is 5.91 Å². The largest absolute Gasteiger partial charge is 0.369 e. The minimum Gasteiger partial charge on any atom is -0.369 e. The summed E-state index contributed by atoms with van der Waals surface area (Å²) in [6, 6.07) is 5.67. The first-order valence-electron chi connectivity index (χ1n) is 6.94. The van der Waals surface area contributed by atoms with E-state index in [1.165, 1.54) is 24.3 Å². The van der Waals surface area contributed by atoms with Crippen molar-refractivity contribution < 1.29 is 18.0 Å². The van der Waals surface area contributed by atoms with E-state index >= 15 is 0 Å². The molecule has 1 saturated heterocycles. The first-order chi connectivity index (χ1) is 10.3. The fourth-order valence-corrected chi connectivity index (χ4v) is 3.48. The number of amides is 2. The number of primary amides is 1. The van der Waals surface area contributed by atoms with Crippen LogP contribution in [0.25, 0.3) is 0 Å². The molecule has 1 aromatic carbocycles. The summed E-state index contributed by atoms with van der Waals surface area (Å²) in [4.78, 5) is 24.9. The zero-order valence-electron chi connectivity index (χ0n) is 12.7. The lowest BCUT2D eigenvalue weighted by Crippen LogP contribution is -2.52. The van der Waals surface area contributed by atoms with Gasteiger partial charge in [-0.05, 0) is 31.2 Å². The highest BCUT2D eigenvalue weighted by molar-refractivity contribution is 7.92. The smallest absolute Gasteiger partial charge is 0.254 e. The summed E-state index contributed by atoms with van der Waals surface area (Å²) >= 11 is 0. The third kappa shape index (κ3) is 4.66. The van der Waals surface area contributed by atoms with Crippen LogP contribution in [0.5, 0.6) is 0 Å². The number of rotatable bonds is 4. The first-order valence-corrected chi connectivity index (χ1v) is 8.59. The van der Waals surface area contributed by atoms with Crippen LogP contribution in [-0.4, -0.2) is 56.6 Å². The van der Waals surface area contributed by atoms with Crippen LogP contribution in [0.15, 0.2) is 29.2 Å². The van der Waals surface area contributed by atoms with E-state index in [9.17, 15) is 18.0 Å². The molecule has 2 amide bonds. The third-order valence-electron chi connectivity index (χ3n) is 3.55. The Labute approximate surface area is 141 Å². The van der Waals surface area contributed by atoms with E-state index in [4.69, 9.17) is 5.73 Å². The van der Waals surface area contributed by atoms with Gasteiger partial charge in [-0.25, -0.2) is 8.42 Å². The summed E-state index contributed by atoms with van der Waals surface area (Å²) in [5.74, 6) is -1.78. The van der Waals surface area contributed by atoms with Crippen molar-refractivity contribution >= 4 is 34.1 Å². The minimum absolute atomic E-state index is 0. The van der Waals surface area contributed by atoms with Gasteiger partial charge in [0.15, 0.2) is 9.84 Å². The zero-order valence-corrected chi connectivity index (χ0v) is 14.3. The molecule has 9 heteroatoms. The Bertz CT molecular complexity index is 676. The van der Waals surface area contributed by atoms with E-state index in [-0.39, 0.29) is 29.3 Å². The molecule has 3 N–H and O–H groups in total. The summed E-state index contributed by atoms with van der Waals surface area (Å²) in [5, 5.41) is 3.20. The molecule has 1 aliphatic rings. The van der Waals surface area contributed by atoms with E-state index < -0.39 is 21.5 Å². The number of hydrogen-bond acceptors (Lipinski definition) is 5. The molecule has 0 bridgehead atoms. The van der Waals surface area contributed by atoms with Gasteiger partial charge in [-0.3, -0.25) is 9.59 Å². The standard InChI is InChI=1S/C14H19N3O4S.ClH/c1-10-8-16-6-7-17(10)14(19)11-2-4-12(5-3-11)22(20,21)9-13(15)18;/h2-5,10,16H,6-9H2,1H3,(H2,15,18);1H/t10-;/m0./s1. The summed E-state index contributed by atoms with van der Waals surface area (Å²) in [6.07, 6.45) is 0. The van der Waals surface area contributed by atoms with Crippen molar-refractivity contribution in [2.24, 2.45) is 5.73 Å². The molecule has 1 aromatic rings. The predicted octanol–water partition coefficient (Wildman–Crippen LogP) is -0.199. The highest BCUT2D eigenvalue weighted by atomic mass is 35.5. The van der Waals surface area contributed by atoms with Gasteiger partial charge in [0.25, 0.3) is 5.91 Å². The van der Waals surface area contributed by atoms with Crippen molar-refractivity contribution in [3.63, 3.8) is 0 Å². The summed E-state index contributed by atoms with van der Waals surface area (Å²) < 4.78 is 23.7. The van der Waals surface area contributed by atoms with Gasteiger partial charge >= 0.3 is 0 Å². The molecule has 23 heavy (non-hydrogen) atoms. The van der Waals surface area contributed by atoms with Crippen LogP contribution in [0.3, 0.4) is 0 Å². The number of nitrogens with one attached hydrogen (secondary N) is 1. The Morgan fingerprint density at radius 1 is 1.30 bits per heavy atom. The number of halogens is 1. The molecule has 0 saturated carbocycles. The van der Waals surface area contributed by atoms with Crippen LogP contribution < -0.4 is 11.1 Å². The molecular weight excluding hydrogens is 342 g/mol. The Morgan fingerprint density at radius 2 is 1.91 bits per heavy atom. The maximum Gasteiger partial charge on any atom is 0.254 e. The van der Waals surface area contributed by atoms with E-state index in [2.05, 4.69) is 5.32 Å². The minimum atomic E-state index is -3.75. The van der Waals surface area contributed by atoms with Crippen molar-refractivity contribution in [1.29, 1.82) is 0 Å². The molecule has 0 aliphatic carbocycles. The predicted molar refractivity (Wildman–Crippen MR) is 88.3 cm³/mol. The van der Waals surface area contributed by atoms with Crippen molar-refractivity contribution in [3.05, 3.63) is 29.8 Å². The number of carbonyl (C=O) groups excluding carboxylic acids is 2. The number of nitrogens with two attached hydrogens (primary N) is 1. The highest BCUT2D eigenvalue weighted by Crippen LogP contribution is 2.15. The first kappa shape index (κ1) is 19.4. The second kappa shape index (κ2) is 7.76. The third-order valence-corrected chi connectivity index (χ3v) is 5.21. The summed E-state index contributed by atoms with van der Waals surface area (Å²) in [7, 11) is -3.75. The number of benzene rings is 1. The molecule has 1 aliphatic heterocycles. The molecule has 128 valence electrons. The van der Waals surface area contributed by atoms with Gasteiger partial charge in [0.05, 0.1) is 4.90 Å². The Balaban J connectivity index is 0.00000264. The van der Waals surface area contributed by atoms with Gasteiger partial charge in [0, 0.05) is 31.2 Å². The van der Waals surface area contributed by atoms with E-state index in [1.54, 1.807) is 4.90 Å². The van der Waals surface area contributed by atoms with Crippen LogP contribution in [0.2, 0.25) is 0 Å². The van der Waals surface area contributed by atoms with Crippen LogP contribution >= 0.6 is 12.4 Å². The van der Waals surface area contributed by atoms with Crippen molar-refractivity contribution in [1.82, 2.24) is 10.2 Å². The van der Waals surface area contributed by atoms with Crippen LogP contribution in [0.4, 0.5) is 0 Å². The maximum atomic E-state index is 12.4. The fourth-order valence-electron chi connectivity index (χ4n) is 2.38. The van der Waals surface area contributed by atoms with Crippen LogP contribution in [0, 0.1) is 0 Å². The van der Waals surface area contributed by atoms with Gasteiger partial charge in [-0.15, -0.1) is 12.4 Å². The quantitative estimate of drug-likeness (QED) is 0.771. The average molecular weight is 362 g/mol. The lowest BCUT2D eigenvalue weighted by atomic mass is 10.1. The molecule has 0 radical (unpaired) electrons.